The van der Waals surface area contributed by atoms with Crippen LogP contribution in [0.1, 0.15) is 32.3 Å². The van der Waals surface area contributed by atoms with Crippen molar-refractivity contribution in [3.8, 4) is 0 Å². The van der Waals surface area contributed by atoms with E-state index in [-0.39, 0.29) is 5.97 Å². The smallest absolute Gasteiger partial charge is 0.307 e. The van der Waals surface area contributed by atoms with Gasteiger partial charge in [-0.3, -0.25) is 4.79 Å². The van der Waals surface area contributed by atoms with E-state index in [1.165, 1.54) is 12.5 Å². The minimum absolute atomic E-state index is 0.272. The second-order valence-corrected chi connectivity index (χ2v) is 4.13. The maximum atomic E-state index is 11.1. The first kappa shape index (κ1) is 14.2. The Kier molecular flexibility index (Phi) is 5.92. The molecule has 0 aromatic heterocycles. The number of hydrogen-bond acceptors (Lipinski definition) is 2. The van der Waals surface area contributed by atoms with Crippen molar-refractivity contribution in [2.75, 3.05) is 0 Å². The van der Waals surface area contributed by atoms with Gasteiger partial charge in [0.25, 0.3) is 0 Å². The standard InChI is InChI=1S/C16H20O2/c1-4-9-16(18-13(3)17)15(5-2)12-14-10-7-6-8-11-14/h4,6-8,10-11H,1,5,9,12H2,2-3H3/b16-15-. The number of allylic oxidation sites excluding steroid dienone is 2. The molecule has 0 bridgehead atoms. The largest absolute Gasteiger partial charge is 0.431 e. The van der Waals surface area contributed by atoms with Crippen LogP contribution in [0.5, 0.6) is 0 Å². The molecule has 0 radical (unpaired) electrons. The minimum Gasteiger partial charge on any atom is -0.431 e. The van der Waals surface area contributed by atoms with Crippen LogP contribution >= 0.6 is 0 Å². The summed E-state index contributed by atoms with van der Waals surface area (Å²) in [4.78, 5) is 11.1. The first-order valence-corrected chi connectivity index (χ1v) is 6.21. The van der Waals surface area contributed by atoms with Gasteiger partial charge in [0.15, 0.2) is 0 Å². The van der Waals surface area contributed by atoms with E-state index < -0.39 is 0 Å². The molecule has 0 amide bonds. The molecule has 2 nitrogen and oxygen atoms in total. The summed E-state index contributed by atoms with van der Waals surface area (Å²) >= 11 is 0. The molecule has 1 rings (SSSR count). The first-order chi connectivity index (χ1) is 8.67. The van der Waals surface area contributed by atoms with Crippen molar-refractivity contribution < 1.29 is 9.53 Å². The Morgan fingerprint density at radius 1 is 1.33 bits per heavy atom. The lowest BCUT2D eigenvalue weighted by Crippen LogP contribution is -2.04. The van der Waals surface area contributed by atoms with Crippen LogP contribution in [0.2, 0.25) is 0 Å². The van der Waals surface area contributed by atoms with Crippen molar-refractivity contribution in [3.63, 3.8) is 0 Å². The van der Waals surface area contributed by atoms with Crippen LogP contribution in [0.15, 0.2) is 54.3 Å². The van der Waals surface area contributed by atoms with Crippen molar-refractivity contribution >= 4 is 5.97 Å². The first-order valence-electron chi connectivity index (χ1n) is 6.21. The molecule has 0 heterocycles. The van der Waals surface area contributed by atoms with Crippen LogP contribution in [0.4, 0.5) is 0 Å². The van der Waals surface area contributed by atoms with Gasteiger partial charge >= 0.3 is 5.97 Å². The molecule has 0 atom stereocenters. The lowest BCUT2D eigenvalue weighted by molar-refractivity contribution is -0.137. The fourth-order valence-electron chi connectivity index (χ4n) is 1.83. The Balaban J connectivity index is 2.94. The third-order valence-electron chi connectivity index (χ3n) is 2.68. The summed E-state index contributed by atoms with van der Waals surface area (Å²) in [6.07, 6.45) is 4.04. The molecule has 1 aromatic rings. The van der Waals surface area contributed by atoms with Crippen LogP contribution in [-0.4, -0.2) is 5.97 Å². The van der Waals surface area contributed by atoms with Gasteiger partial charge in [0.2, 0.25) is 0 Å². The predicted octanol–water partition coefficient (Wildman–Crippen LogP) is 4.03. The number of ether oxygens (including phenoxy) is 1. The van der Waals surface area contributed by atoms with E-state index in [4.69, 9.17) is 4.74 Å². The molecule has 1 aromatic carbocycles. The number of carbonyl (C=O) groups is 1. The van der Waals surface area contributed by atoms with E-state index >= 15 is 0 Å². The van der Waals surface area contributed by atoms with Crippen molar-refractivity contribution in [2.24, 2.45) is 0 Å². The van der Waals surface area contributed by atoms with Gasteiger partial charge in [-0.05, 0) is 24.0 Å². The van der Waals surface area contributed by atoms with Crippen LogP contribution < -0.4 is 0 Å². The third kappa shape index (κ3) is 4.58. The van der Waals surface area contributed by atoms with Crippen molar-refractivity contribution in [1.82, 2.24) is 0 Å². The number of carbonyl (C=O) groups excluding carboxylic acids is 1. The second kappa shape index (κ2) is 7.49. The molecular weight excluding hydrogens is 224 g/mol. The molecule has 18 heavy (non-hydrogen) atoms. The van der Waals surface area contributed by atoms with E-state index in [0.717, 1.165) is 24.2 Å². The number of esters is 1. The van der Waals surface area contributed by atoms with Crippen LogP contribution in [0, 0.1) is 0 Å². The van der Waals surface area contributed by atoms with Gasteiger partial charge in [-0.2, -0.15) is 0 Å². The summed E-state index contributed by atoms with van der Waals surface area (Å²) in [5.74, 6) is 0.467. The lowest BCUT2D eigenvalue weighted by Gasteiger charge is -2.12. The van der Waals surface area contributed by atoms with Gasteiger partial charge in [-0.1, -0.05) is 43.3 Å². The third-order valence-corrected chi connectivity index (χ3v) is 2.68. The van der Waals surface area contributed by atoms with Gasteiger partial charge < -0.3 is 4.74 Å². The Morgan fingerprint density at radius 3 is 2.50 bits per heavy atom. The minimum atomic E-state index is -0.272. The summed E-state index contributed by atoms with van der Waals surface area (Å²) in [7, 11) is 0. The Bertz CT molecular complexity index is 430. The predicted molar refractivity (Wildman–Crippen MR) is 74.0 cm³/mol. The summed E-state index contributed by atoms with van der Waals surface area (Å²) in [6.45, 7) is 7.21. The summed E-state index contributed by atoms with van der Waals surface area (Å²) in [5, 5.41) is 0. The summed E-state index contributed by atoms with van der Waals surface area (Å²) in [6, 6.07) is 10.2. The van der Waals surface area contributed by atoms with E-state index in [0.29, 0.717) is 6.42 Å². The normalized spacial score (nSPS) is 11.7. The van der Waals surface area contributed by atoms with Gasteiger partial charge in [-0.15, -0.1) is 6.58 Å². The lowest BCUT2D eigenvalue weighted by atomic mass is 10.0. The van der Waals surface area contributed by atoms with Crippen LogP contribution in [-0.2, 0) is 16.0 Å². The molecule has 96 valence electrons. The molecule has 0 unspecified atom stereocenters. The molecular formula is C16H20O2. The average Bonchev–Trinajstić information content (AvgIpc) is 2.36. The highest BCUT2D eigenvalue weighted by molar-refractivity contribution is 5.67. The molecule has 0 N–H and O–H groups in total. The molecule has 0 saturated carbocycles. The van der Waals surface area contributed by atoms with Gasteiger partial charge in [0.05, 0.1) is 0 Å². The summed E-state index contributed by atoms with van der Waals surface area (Å²) in [5.41, 5.74) is 2.37. The van der Waals surface area contributed by atoms with Gasteiger partial charge in [0.1, 0.15) is 5.76 Å². The van der Waals surface area contributed by atoms with Gasteiger partial charge in [0, 0.05) is 13.3 Å². The van der Waals surface area contributed by atoms with Crippen molar-refractivity contribution in [3.05, 3.63) is 59.9 Å². The number of hydrogen-bond donors (Lipinski definition) is 0. The highest BCUT2D eigenvalue weighted by Gasteiger charge is 2.09. The van der Waals surface area contributed by atoms with Crippen LogP contribution in [0.25, 0.3) is 0 Å². The topological polar surface area (TPSA) is 26.3 Å². The monoisotopic (exact) mass is 244 g/mol. The molecule has 0 spiro atoms. The number of benzene rings is 1. The Labute approximate surface area is 109 Å². The molecule has 0 aliphatic rings. The zero-order chi connectivity index (χ0) is 13.4. The highest BCUT2D eigenvalue weighted by Crippen LogP contribution is 2.19. The van der Waals surface area contributed by atoms with E-state index in [1.54, 1.807) is 6.08 Å². The molecule has 2 heteroatoms. The van der Waals surface area contributed by atoms with Crippen LogP contribution in [0.3, 0.4) is 0 Å². The SMILES string of the molecule is C=CC/C(OC(C)=O)=C(\CC)Cc1ccccc1. The molecule has 0 aliphatic heterocycles. The maximum absolute atomic E-state index is 11.1. The molecule has 0 fully saturated rings. The van der Waals surface area contributed by atoms with E-state index in [9.17, 15) is 4.79 Å². The quantitative estimate of drug-likeness (QED) is 0.429. The van der Waals surface area contributed by atoms with E-state index in [1.807, 2.05) is 18.2 Å². The molecule has 0 aliphatic carbocycles. The number of rotatable bonds is 6. The molecule has 0 saturated heterocycles. The van der Waals surface area contributed by atoms with E-state index in [2.05, 4.69) is 25.6 Å². The highest BCUT2D eigenvalue weighted by atomic mass is 16.5. The zero-order valence-electron chi connectivity index (χ0n) is 11.1. The zero-order valence-corrected chi connectivity index (χ0v) is 11.1. The second-order valence-electron chi connectivity index (χ2n) is 4.13. The van der Waals surface area contributed by atoms with Gasteiger partial charge in [-0.25, -0.2) is 0 Å². The van der Waals surface area contributed by atoms with Crippen molar-refractivity contribution in [1.29, 1.82) is 0 Å². The fraction of sp³-hybridized carbons (Fsp3) is 0.312. The Morgan fingerprint density at radius 2 is 2.00 bits per heavy atom. The Hall–Kier alpha value is -1.83. The fourth-order valence-corrected chi connectivity index (χ4v) is 1.83. The van der Waals surface area contributed by atoms with Crippen molar-refractivity contribution in [2.45, 2.75) is 33.1 Å². The summed E-state index contributed by atoms with van der Waals surface area (Å²) < 4.78 is 5.29. The maximum Gasteiger partial charge on any atom is 0.307 e. The average molecular weight is 244 g/mol.